The average Bonchev–Trinajstić information content (AvgIpc) is 2.53. The number of hydrogen-bond acceptors (Lipinski definition) is 2. The van der Waals surface area contributed by atoms with Crippen molar-refractivity contribution in [3.8, 4) is 0 Å². The highest BCUT2D eigenvalue weighted by Gasteiger charge is 2.23. The summed E-state index contributed by atoms with van der Waals surface area (Å²) in [6.45, 7) is 2.22. The molecule has 0 aliphatic heterocycles. The van der Waals surface area contributed by atoms with E-state index in [2.05, 4.69) is 19.1 Å². The van der Waals surface area contributed by atoms with Gasteiger partial charge in [0.15, 0.2) is 0 Å². The minimum absolute atomic E-state index is 0.223. The summed E-state index contributed by atoms with van der Waals surface area (Å²) in [6.07, 6.45) is 7.30. The summed E-state index contributed by atoms with van der Waals surface area (Å²) in [4.78, 5) is 11.9. The van der Waals surface area contributed by atoms with E-state index in [1.54, 1.807) is 7.11 Å². The fourth-order valence-corrected chi connectivity index (χ4v) is 3.53. The van der Waals surface area contributed by atoms with Crippen molar-refractivity contribution in [2.75, 3.05) is 7.11 Å². The van der Waals surface area contributed by atoms with Crippen molar-refractivity contribution in [2.45, 2.75) is 63.9 Å². The lowest BCUT2D eigenvalue weighted by Gasteiger charge is -2.24. The van der Waals surface area contributed by atoms with Gasteiger partial charge in [0.25, 0.3) is 0 Å². The molecule has 1 fully saturated rings. The van der Waals surface area contributed by atoms with Crippen molar-refractivity contribution in [1.29, 1.82) is 0 Å². The zero-order valence-corrected chi connectivity index (χ0v) is 14.4. The molecular weight excluding hydrogens is 296 g/mol. The smallest absolute Gasteiger partial charge is 0.135 e. The second-order valence-corrected chi connectivity index (χ2v) is 6.97. The van der Waals surface area contributed by atoms with Crippen molar-refractivity contribution < 1.29 is 9.53 Å². The van der Waals surface area contributed by atoms with Gasteiger partial charge in [-0.25, -0.2) is 0 Å². The topological polar surface area (TPSA) is 26.3 Å². The minimum atomic E-state index is 0.223. The predicted molar refractivity (Wildman–Crippen MR) is 91.5 cm³/mol. The highest BCUT2D eigenvalue weighted by molar-refractivity contribution is 6.30. The number of hydrogen-bond donors (Lipinski definition) is 0. The highest BCUT2D eigenvalue weighted by Crippen LogP contribution is 2.29. The molecule has 3 unspecified atom stereocenters. The van der Waals surface area contributed by atoms with Gasteiger partial charge in [-0.15, -0.1) is 0 Å². The van der Waals surface area contributed by atoms with Crippen LogP contribution >= 0.6 is 11.6 Å². The van der Waals surface area contributed by atoms with E-state index in [-0.39, 0.29) is 12.0 Å². The zero-order chi connectivity index (χ0) is 15.9. The van der Waals surface area contributed by atoms with E-state index < -0.39 is 0 Å². The third-order valence-electron chi connectivity index (χ3n) is 4.91. The number of ether oxygens (including phenoxy) is 1. The highest BCUT2D eigenvalue weighted by atomic mass is 35.5. The molecule has 2 nitrogen and oxygen atoms in total. The van der Waals surface area contributed by atoms with Crippen LogP contribution < -0.4 is 0 Å². The second-order valence-electron chi connectivity index (χ2n) is 6.53. The second kappa shape index (κ2) is 8.69. The molecule has 1 saturated carbocycles. The number of Topliss-reactive ketones (excluding diaryl/α,β-unsaturated/α-hetero) is 1. The van der Waals surface area contributed by atoms with E-state index in [1.807, 2.05) is 12.1 Å². The molecule has 0 bridgehead atoms. The molecule has 1 aromatic rings. The van der Waals surface area contributed by atoms with Gasteiger partial charge in [-0.2, -0.15) is 0 Å². The number of benzene rings is 1. The monoisotopic (exact) mass is 322 g/mol. The Morgan fingerprint density at radius 2 is 2.00 bits per heavy atom. The van der Waals surface area contributed by atoms with Crippen molar-refractivity contribution >= 4 is 17.4 Å². The van der Waals surface area contributed by atoms with E-state index in [0.717, 1.165) is 43.5 Å². The first kappa shape index (κ1) is 17.5. The maximum Gasteiger partial charge on any atom is 0.135 e. The number of carbonyl (C=O) groups is 1. The summed E-state index contributed by atoms with van der Waals surface area (Å²) in [6, 6.07) is 8.06. The summed E-state index contributed by atoms with van der Waals surface area (Å²) in [5.74, 6) is 1.17. The van der Waals surface area contributed by atoms with Gasteiger partial charge in [0.2, 0.25) is 0 Å². The van der Waals surface area contributed by atoms with Crippen LogP contribution in [0.15, 0.2) is 24.3 Å². The van der Waals surface area contributed by atoms with Crippen LogP contribution in [-0.2, 0) is 9.53 Å². The third-order valence-corrected chi connectivity index (χ3v) is 5.16. The average molecular weight is 323 g/mol. The fraction of sp³-hybridized carbons (Fsp3) is 0.632. The molecule has 3 atom stereocenters. The maximum atomic E-state index is 11.9. The lowest BCUT2D eigenvalue weighted by Crippen LogP contribution is -2.22. The standard InChI is InChI=1S/C19H27ClO2/c1-14(15-7-10-17(20)11-8-15)13-18(22-2)12-9-16-5-3-4-6-19(16)21/h7-8,10-11,14,16,18H,3-6,9,12-13H2,1-2H3. The molecule has 0 amide bonds. The van der Waals surface area contributed by atoms with Gasteiger partial charge in [-0.1, -0.05) is 37.1 Å². The SMILES string of the molecule is COC(CCC1CCCCC1=O)CC(C)c1ccc(Cl)cc1. The van der Waals surface area contributed by atoms with E-state index in [1.165, 1.54) is 12.0 Å². The Labute approximate surface area is 139 Å². The number of halogens is 1. The van der Waals surface area contributed by atoms with Gasteiger partial charge in [0, 0.05) is 24.5 Å². The van der Waals surface area contributed by atoms with Crippen molar-refractivity contribution in [1.82, 2.24) is 0 Å². The van der Waals surface area contributed by atoms with Crippen LogP contribution in [0.3, 0.4) is 0 Å². The largest absolute Gasteiger partial charge is 0.381 e. The molecule has 0 radical (unpaired) electrons. The first-order valence-electron chi connectivity index (χ1n) is 8.41. The van der Waals surface area contributed by atoms with Gasteiger partial charge >= 0.3 is 0 Å². The molecule has 0 heterocycles. The Kier molecular flexibility index (Phi) is 6.91. The van der Waals surface area contributed by atoms with Crippen LogP contribution in [-0.4, -0.2) is 19.0 Å². The van der Waals surface area contributed by atoms with Gasteiger partial charge in [-0.05, 0) is 55.7 Å². The predicted octanol–water partition coefficient (Wildman–Crippen LogP) is 5.39. The van der Waals surface area contributed by atoms with Gasteiger partial charge in [0.05, 0.1) is 6.10 Å². The molecular formula is C19H27ClO2. The van der Waals surface area contributed by atoms with Gasteiger partial charge in [0.1, 0.15) is 5.78 Å². The molecule has 3 heteroatoms. The van der Waals surface area contributed by atoms with E-state index in [0.29, 0.717) is 11.7 Å². The van der Waals surface area contributed by atoms with Crippen LogP contribution in [0.2, 0.25) is 5.02 Å². The number of rotatable bonds is 7. The lowest BCUT2D eigenvalue weighted by molar-refractivity contribution is -0.125. The van der Waals surface area contributed by atoms with Crippen molar-refractivity contribution in [2.24, 2.45) is 5.92 Å². The molecule has 1 aliphatic carbocycles. The molecule has 1 aromatic carbocycles. The van der Waals surface area contributed by atoms with E-state index >= 15 is 0 Å². The molecule has 1 aliphatic rings. The van der Waals surface area contributed by atoms with E-state index in [9.17, 15) is 4.79 Å². The molecule has 0 aromatic heterocycles. The normalized spacial score (nSPS) is 21.6. The quantitative estimate of drug-likeness (QED) is 0.673. The first-order chi connectivity index (χ1) is 10.6. The maximum absolute atomic E-state index is 11.9. The van der Waals surface area contributed by atoms with E-state index in [4.69, 9.17) is 16.3 Å². The van der Waals surface area contributed by atoms with Gasteiger partial charge in [-0.3, -0.25) is 4.79 Å². The van der Waals surface area contributed by atoms with Crippen LogP contribution in [0.25, 0.3) is 0 Å². The van der Waals surface area contributed by atoms with Crippen molar-refractivity contribution in [3.05, 3.63) is 34.9 Å². The van der Waals surface area contributed by atoms with Crippen molar-refractivity contribution in [3.63, 3.8) is 0 Å². The summed E-state index contributed by atoms with van der Waals surface area (Å²) < 4.78 is 5.66. The summed E-state index contributed by atoms with van der Waals surface area (Å²) in [7, 11) is 1.78. The molecule has 0 spiro atoms. The Morgan fingerprint density at radius 3 is 2.64 bits per heavy atom. The molecule has 22 heavy (non-hydrogen) atoms. The van der Waals surface area contributed by atoms with Crippen LogP contribution in [0.4, 0.5) is 0 Å². The Balaban J connectivity index is 1.83. The Hall–Kier alpha value is -0.860. The number of methoxy groups -OCH3 is 1. The number of carbonyl (C=O) groups excluding carboxylic acids is 1. The van der Waals surface area contributed by atoms with Crippen LogP contribution in [0.1, 0.15) is 63.4 Å². The lowest BCUT2D eigenvalue weighted by atomic mass is 9.83. The van der Waals surface area contributed by atoms with Crippen LogP contribution in [0, 0.1) is 5.92 Å². The number of ketones is 1. The zero-order valence-electron chi connectivity index (χ0n) is 13.7. The summed E-state index contributed by atoms with van der Waals surface area (Å²) in [5.41, 5.74) is 1.29. The summed E-state index contributed by atoms with van der Waals surface area (Å²) >= 11 is 5.94. The van der Waals surface area contributed by atoms with Gasteiger partial charge < -0.3 is 4.74 Å². The third kappa shape index (κ3) is 5.10. The minimum Gasteiger partial charge on any atom is -0.381 e. The summed E-state index contributed by atoms with van der Waals surface area (Å²) in [5, 5.41) is 0.773. The van der Waals surface area contributed by atoms with Crippen LogP contribution in [0.5, 0.6) is 0 Å². The molecule has 2 rings (SSSR count). The fourth-order valence-electron chi connectivity index (χ4n) is 3.40. The molecule has 0 N–H and O–H groups in total. The Bertz CT molecular complexity index is 469. The Morgan fingerprint density at radius 1 is 1.27 bits per heavy atom. The molecule has 122 valence electrons. The molecule has 0 saturated heterocycles. The first-order valence-corrected chi connectivity index (χ1v) is 8.79.